The quantitative estimate of drug-likeness (QED) is 0.0506. The molecular formula is C36H45O25+. The summed E-state index contributed by atoms with van der Waals surface area (Å²) in [7, 11) is 0. The van der Waals surface area contributed by atoms with Gasteiger partial charge in [-0.1, -0.05) is 0 Å². The molecule has 4 aliphatic rings. The van der Waals surface area contributed by atoms with Crippen molar-refractivity contribution in [2.24, 2.45) is 0 Å². The highest BCUT2D eigenvalue weighted by Crippen LogP contribution is 2.49. The fourth-order valence-electron chi connectivity index (χ4n) is 6.78. The lowest BCUT2D eigenvalue weighted by Gasteiger charge is -2.41. The Hall–Kier alpha value is -4.84. The highest BCUT2D eigenvalue weighted by atomic mass is 16.7. The van der Waals surface area contributed by atoms with E-state index < -0.39 is 165 Å². The number of phenolic OH excluding ortho intramolecular Hbond substituents is 3. The summed E-state index contributed by atoms with van der Waals surface area (Å²) in [5.41, 5.74) is -0.273. The largest absolute Gasteiger partial charge is 0.571 e. The Balaban J connectivity index is 1.41. The standard InChI is InChI=1S/C36H44O25/c37-7-18-24(45)27(48)30(51)34(59-18)56-15-1-10(2-16(23(15)44)57-35-31(52)28(49)25(46)19(8-38)60-35)33-17(5-12-13(40)3-11(39)4-14(12)55-33)58-36-32(53)29(50)26(47)20(61-36)9-54-22(43)6-21(41)42/h1-5,18-20,24-40,44-53H,6-9H2,(H,41,42)/p+1/t18-,19-,20-,24-,25-,26-,27+,28+,29+,30-,31-,32-,33?,34-,35-,36-/m1/s1. The molecule has 3 fully saturated rings. The second-order valence-electron chi connectivity index (χ2n) is 14.4. The van der Waals surface area contributed by atoms with Gasteiger partial charge in [-0.3, -0.25) is 9.59 Å². The van der Waals surface area contributed by atoms with Crippen LogP contribution in [-0.2, 0) is 33.3 Å². The minimum absolute atomic E-state index is 0.0940. The van der Waals surface area contributed by atoms with Gasteiger partial charge in [0.1, 0.15) is 103 Å². The number of carboxylic acids is 1. The molecule has 0 spiro atoms. The van der Waals surface area contributed by atoms with E-state index in [4.69, 9.17) is 38.3 Å². The van der Waals surface area contributed by atoms with E-state index in [1.54, 1.807) is 0 Å². The van der Waals surface area contributed by atoms with E-state index in [9.17, 15) is 81.1 Å². The van der Waals surface area contributed by atoms with Crippen molar-refractivity contribution in [3.8, 4) is 34.5 Å². The first kappa shape index (κ1) is 45.7. The first-order chi connectivity index (χ1) is 28.8. The topological polar surface area (TPSA) is 415 Å². The van der Waals surface area contributed by atoms with Crippen LogP contribution in [0.5, 0.6) is 34.5 Å². The van der Waals surface area contributed by atoms with Gasteiger partial charge in [0.2, 0.25) is 24.6 Å². The van der Waals surface area contributed by atoms with Crippen molar-refractivity contribution in [3.05, 3.63) is 41.2 Å². The molecule has 6 rings (SSSR count). The maximum atomic E-state index is 11.9. The van der Waals surface area contributed by atoms with Crippen molar-refractivity contribution in [1.82, 2.24) is 0 Å². The van der Waals surface area contributed by atoms with Crippen LogP contribution in [-0.4, -0.2) is 205 Å². The molecule has 4 heterocycles. The normalized spacial score (nSPS) is 36.1. The van der Waals surface area contributed by atoms with Gasteiger partial charge in [-0.25, -0.2) is 0 Å². The molecule has 25 nitrogen and oxygen atoms in total. The van der Waals surface area contributed by atoms with Crippen molar-refractivity contribution in [2.45, 2.75) is 105 Å². The minimum Gasteiger partial charge on any atom is -0.571 e. The molecule has 16 atom stereocenters. The highest BCUT2D eigenvalue weighted by molar-refractivity contribution is 5.90. The van der Waals surface area contributed by atoms with Crippen molar-refractivity contribution in [2.75, 3.05) is 19.8 Å². The Labute approximate surface area is 342 Å². The number of rotatable bonds is 13. The van der Waals surface area contributed by atoms with E-state index >= 15 is 0 Å². The maximum absolute atomic E-state index is 11.9. The molecule has 0 radical (unpaired) electrons. The van der Waals surface area contributed by atoms with E-state index in [0.29, 0.717) is 0 Å². The first-order valence-electron chi connectivity index (χ1n) is 18.4. The van der Waals surface area contributed by atoms with Gasteiger partial charge >= 0.3 is 11.9 Å². The van der Waals surface area contributed by atoms with Crippen LogP contribution in [0, 0.1) is 0 Å². The molecule has 3 saturated heterocycles. The van der Waals surface area contributed by atoms with E-state index in [1.165, 1.54) is 0 Å². The van der Waals surface area contributed by atoms with Gasteiger partial charge in [-0.15, -0.1) is 0 Å². The Kier molecular flexibility index (Phi) is 14.0. The van der Waals surface area contributed by atoms with Crippen LogP contribution in [0.2, 0.25) is 0 Å². The number of ether oxygens (including phenoxy) is 8. The highest BCUT2D eigenvalue weighted by Gasteiger charge is 2.49. The zero-order valence-electron chi connectivity index (χ0n) is 31.3. The Bertz CT molecular complexity index is 1860. The molecule has 2 aromatic carbocycles. The summed E-state index contributed by atoms with van der Waals surface area (Å²) in [5, 5.41) is 156. The van der Waals surface area contributed by atoms with Crippen molar-refractivity contribution in [3.63, 3.8) is 0 Å². The SMILES string of the molecule is O=C(O)CC(=O)OC[C@H]1O[C@@H](OC2=Cc3c(O)cc(O)cc3[OH+]C2c2cc(O[C@@H]3O[C@H](CO)[C@@H](O)[C@H](O)[C@H]3O)c(O)c(O[C@@H]3O[C@H](CO)[C@@H](O)[C@H](O)[C@H]3O)c2)[C@H](O)[C@@H](O)[C@@H]1O. The number of aliphatic hydroxyl groups is 12. The molecular weight excluding hydrogens is 832 g/mol. The monoisotopic (exact) mass is 877 g/mol. The smallest absolute Gasteiger partial charge is 0.317 e. The number of hydrogen-bond acceptors (Lipinski definition) is 23. The summed E-state index contributed by atoms with van der Waals surface area (Å²) in [4.78, 5) is 22.8. The number of carbonyl (C=O) groups excluding carboxylic acids is 1. The average molecular weight is 878 g/mol. The van der Waals surface area contributed by atoms with Gasteiger partial charge in [0, 0.05) is 12.1 Å². The van der Waals surface area contributed by atoms with Crippen LogP contribution in [0.1, 0.15) is 23.7 Å². The average Bonchev–Trinajstić information content (AvgIpc) is 3.21. The van der Waals surface area contributed by atoms with Gasteiger partial charge in [-0.2, -0.15) is 0 Å². The summed E-state index contributed by atoms with van der Waals surface area (Å²) >= 11 is 0. The lowest BCUT2D eigenvalue weighted by molar-refractivity contribution is -0.296. The van der Waals surface area contributed by atoms with E-state index in [1.807, 2.05) is 0 Å². The molecule has 0 aliphatic carbocycles. The van der Waals surface area contributed by atoms with Crippen LogP contribution >= 0.6 is 0 Å². The number of phenols is 3. The number of aliphatic carboxylic acids is 1. The second kappa shape index (κ2) is 18.6. The molecule has 4 aliphatic heterocycles. The lowest BCUT2D eigenvalue weighted by atomic mass is 9.98. The van der Waals surface area contributed by atoms with E-state index in [-0.39, 0.29) is 22.6 Å². The number of fused-ring (bicyclic) bond motifs is 1. The second-order valence-corrected chi connectivity index (χ2v) is 14.4. The number of esters is 1. The maximum Gasteiger partial charge on any atom is 0.317 e. The predicted molar refractivity (Wildman–Crippen MR) is 190 cm³/mol. The van der Waals surface area contributed by atoms with Crippen molar-refractivity contribution < 1.29 is 124 Å². The number of hydrogen-bond donors (Lipinski definition) is 15. The molecule has 1 unspecified atom stereocenters. The zero-order chi connectivity index (χ0) is 44.6. The fourth-order valence-corrected chi connectivity index (χ4v) is 6.78. The molecule has 2 aromatic rings. The summed E-state index contributed by atoms with van der Waals surface area (Å²) in [6, 6.07) is 4.10. The third-order valence-electron chi connectivity index (χ3n) is 10.1. The summed E-state index contributed by atoms with van der Waals surface area (Å²) in [6.07, 6.45) is -29.6. The summed E-state index contributed by atoms with van der Waals surface area (Å²) < 4.78 is 43.3. The number of aromatic hydroxyl groups is 4. The fraction of sp³-hybridized carbons (Fsp3) is 0.556. The van der Waals surface area contributed by atoms with Gasteiger partial charge in [0.25, 0.3) is 11.9 Å². The number of carboxylic acid groups (broad SMARTS) is 1. The lowest BCUT2D eigenvalue weighted by Crippen LogP contribution is -2.60. The number of benzene rings is 2. The summed E-state index contributed by atoms with van der Waals surface area (Å²) in [5.74, 6) is -6.60. The van der Waals surface area contributed by atoms with Crippen LogP contribution in [0.4, 0.5) is 0 Å². The minimum atomic E-state index is -2.06. The molecule has 16 N–H and O–H groups in total. The third-order valence-corrected chi connectivity index (χ3v) is 10.1. The Morgan fingerprint density at radius 3 is 1.59 bits per heavy atom. The van der Waals surface area contributed by atoms with Gasteiger partial charge < -0.3 is 114 Å². The first-order valence-corrected chi connectivity index (χ1v) is 18.4. The Morgan fingerprint density at radius 2 is 1.10 bits per heavy atom. The van der Waals surface area contributed by atoms with Crippen molar-refractivity contribution in [1.29, 1.82) is 0 Å². The van der Waals surface area contributed by atoms with Crippen LogP contribution in [0.3, 0.4) is 0 Å². The molecule has 338 valence electrons. The predicted octanol–water partition coefficient (Wildman–Crippen LogP) is -5.66. The zero-order valence-corrected chi connectivity index (χ0v) is 31.3. The Morgan fingerprint density at radius 1 is 0.623 bits per heavy atom. The van der Waals surface area contributed by atoms with E-state index in [2.05, 4.69) is 4.74 Å². The molecule has 0 saturated carbocycles. The van der Waals surface area contributed by atoms with Crippen molar-refractivity contribution >= 4 is 18.0 Å². The third kappa shape index (κ3) is 9.49. The molecule has 0 bridgehead atoms. The number of carbonyl (C=O) groups is 2. The van der Waals surface area contributed by atoms with Gasteiger partial charge in [-0.05, 0) is 12.1 Å². The molecule has 0 aromatic heterocycles. The van der Waals surface area contributed by atoms with Gasteiger partial charge in [0.05, 0.1) is 24.8 Å². The number of aliphatic hydroxyl groups excluding tert-OH is 11. The van der Waals surface area contributed by atoms with Crippen LogP contribution in [0.25, 0.3) is 6.08 Å². The van der Waals surface area contributed by atoms with Crippen LogP contribution < -0.4 is 9.47 Å². The molecule has 0 amide bonds. The molecule has 25 heteroatoms. The van der Waals surface area contributed by atoms with E-state index in [0.717, 1.165) is 30.3 Å². The molecule has 61 heavy (non-hydrogen) atoms. The van der Waals surface area contributed by atoms with Gasteiger partial charge in [0.15, 0.2) is 17.3 Å². The summed E-state index contributed by atoms with van der Waals surface area (Å²) in [6.45, 7) is -2.58. The van der Waals surface area contributed by atoms with Crippen LogP contribution in [0.15, 0.2) is 30.0 Å².